The van der Waals surface area contributed by atoms with Crippen LogP contribution >= 0.6 is 22.7 Å². The summed E-state index contributed by atoms with van der Waals surface area (Å²) in [6, 6.07) is 0. The van der Waals surface area contributed by atoms with Crippen LogP contribution in [0.2, 0.25) is 0 Å². The molecule has 3 aromatic rings. The largest absolute Gasteiger partial charge is 0.477 e. The Bertz CT molecular complexity index is 767. The van der Waals surface area contributed by atoms with Crippen molar-refractivity contribution in [2.45, 2.75) is 13.5 Å². The van der Waals surface area contributed by atoms with Crippen molar-refractivity contribution in [3.05, 3.63) is 33.4 Å². The Balaban J connectivity index is 2.00. The second-order valence-electron chi connectivity index (χ2n) is 4.09. The van der Waals surface area contributed by atoms with Crippen molar-refractivity contribution in [1.29, 1.82) is 0 Å². The molecular weight excluding hydrogens is 296 g/mol. The van der Waals surface area contributed by atoms with Gasteiger partial charge in [-0.1, -0.05) is 0 Å². The van der Waals surface area contributed by atoms with Crippen molar-refractivity contribution in [3.8, 4) is 0 Å². The predicted octanol–water partition coefficient (Wildman–Crippen LogP) is 2.77. The molecule has 0 saturated heterocycles. The van der Waals surface area contributed by atoms with Crippen molar-refractivity contribution in [3.63, 3.8) is 0 Å². The molecule has 0 aliphatic rings. The average Bonchev–Trinajstić information content (AvgIpc) is 3.05. The molecule has 0 amide bonds. The van der Waals surface area contributed by atoms with Crippen molar-refractivity contribution >= 4 is 44.7 Å². The number of rotatable bonds is 4. The highest BCUT2D eigenvalue weighted by Gasteiger charge is 2.18. The van der Waals surface area contributed by atoms with Crippen LogP contribution in [0.15, 0.2) is 18.0 Å². The van der Waals surface area contributed by atoms with Crippen LogP contribution in [0.25, 0.3) is 10.2 Å². The van der Waals surface area contributed by atoms with Crippen LogP contribution in [-0.2, 0) is 6.54 Å². The van der Waals surface area contributed by atoms with Crippen LogP contribution in [0, 0.1) is 6.92 Å². The maximum atomic E-state index is 11.2. The molecule has 0 aromatic carbocycles. The number of aryl methyl sites for hydroxylation is 1. The Kier molecular flexibility index (Phi) is 3.33. The van der Waals surface area contributed by atoms with Gasteiger partial charge in [-0.05, 0) is 12.5 Å². The number of aromatic nitrogens is 3. The number of thiazole rings is 1. The van der Waals surface area contributed by atoms with E-state index in [1.54, 1.807) is 30.0 Å². The summed E-state index contributed by atoms with van der Waals surface area (Å²) < 4.78 is 0. The molecule has 2 N–H and O–H groups in total. The van der Waals surface area contributed by atoms with Gasteiger partial charge in [-0.2, -0.15) is 0 Å². The van der Waals surface area contributed by atoms with E-state index in [4.69, 9.17) is 0 Å². The first-order valence-corrected chi connectivity index (χ1v) is 7.45. The van der Waals surface area contributed by atoms with Gasteiger partial charge < -0.3 is 10.4 Å². The Morgan fingerprint density at radius 1 is 1.45 bits per heavy atom. The van der Waals surface area contributed by atoms with Crippen molar-refractivity contribution < 1.29 is 9.90 Å². The van der Waals surface area contributed by atoms with Crippen LogP contribution < -0.4 is 5.32 Å². The Morgan fingerprint density at radius 3 is 3.00 bits per heavy atom. The zero-order valence-corrected chi connectivity index (χ0v) is 12.1. The normalized spacial score (nSPS) is 10.8. The van der Waals surface area contributed by atoms with E-state index >= 15 is 0 Å². The van der Waals surface area contributed by atoms with Gasteiger partial charge in [-0.15, -0.1) is 22.7 Å². The number of thiophene rings is 1. The maximum Gasteiger partial charge on any atom is 0.346 e. The number of nitrogens with one attached hydrogen (secondary N) is 1. The second-order valence-corrected chi connectivity index (χ2v) is 6.06. The summed E-state index contributed by atoms with van der Waals surface area (Å²) in [5.74, 6) is -0.274. The molecule has 3 heterocycles. The highest BCUT2D eigenvalue weighted by atomic mass is 32.1. The highest BCUT2D eigenvalue weighted by Crippen LogP contribution is 2.33. The van der Waals surface area contributed by atoms with Gasteiger partial charge in [-0.25, -0.2) is 14.8 Å². The van der Waals surface area contributed by atoms with E-state index in [1.165, 1.54) is 17.7 Å². The lowest BCUT2D eigenvalue weighted by Crippen LogP contribution is -2.01. The Morgan fingerprint density at radius 2 is 2.30 bits per heavy atom. The van der Waals surface area contributed by atoms with Crippen LogP contribution in [-0.4, -0.2) is 26.0 Å². The first kappa shape index (κ1) is 12.9. The van der Waals surface area contributed by atoms with Gasteiger partial charge in [-0.3, -0.25) is 4.98 Å². The third kappa shape index (κ3) is 2.23. The minimum atomic E-state index is -0.932. The van der Waals surface area contributed by atoms with Gasteiger partial charge in [0.25, 0.3) is 0 Å². The molecule has 0 spiro atoms. The molecule has 0 saturated carbocycles. The van der Waals surface area contributed by atoms with E-state index in [0.29, 0.717) is 27.6 Å². The summed E-state index contributed by atoms with van der Waals surface area (Å²) in [6.07, 6.45) is 3.23. The number of fused-ring (bicyclic) bond motifs is 1. The average molecular weight is 306 g/mol. The summed E-state index contributed by atoms with van der Waals surface area (Å²) in [7, 11) is 0. The first-order chi connectivity index (χ1) is 9.66. The summed E-state index contributed by atoms with van der Waals surface area (Å²) in [4.78, 5) is 25.6. The number of hydrogen-bond donors (Lipinski definition) is 2. The minimum Gasteiger partial charge on any atom is -0.477 e. The number of carbonyl (C=O) groups is 1. The topological polar surface area (TPSA) is 88.0 Å². The molecule has 0 bridgehead atoms. The van der Waals surface area contributed by atoms with Crippen LogP contribution in [0.1, 0.15) is 20.1 Å². The maximum absolute atomic E-state index is 11.2. The summed E-state index contributed by atoms with van der Waals surface area (Å²) in [5, 5.41) is 13.2. The number of aromatic carboxylic acids is 1. The van der Waals surface area contributed by atoms with Crippen molar-refractivity contribution in [1.82, 2.24) is 15.0 Å². The van der Waals surface area contributed by atoms with E-state index in [-0.39, 0.29) is 0 Å². The van der Waals surface area contributed by atoms with E-state index in [9.17, 15) is 9.90 Å². The lowest BCUT2D eigenvalue weighted by molar-refractivity contribution is 0.0701. The molecule has 0 radical (unpaired) electrons. The summed E-state index contributed by atoms with van der Waals surface area (Å²) in [6.45, 7) is 2.39. The highest BCUT2D eigenvalue weighted by molar-refractivity contribution is 7.20. The summed E-state index contributed by atoms with van der Waals surface area (Å²) in [5.41, 5.74) is 2.47. The summed E-state index contributed by atoms with van der Waals surface area (Å²) >= 11 is 2.72. The second kappa shape index (κ2) is 5.14. The Hall–Kier alpha value is -2.06. The molecule has 3 rings (SSSR count). The Labute approximate surface area is 122 Å². The fourth-order valence-electron chi connectivity index (χ4n) is 1.91. The van der Waals surface area contributed by atoms with E-state index in [1.807, 2.05) is 0 Å². The molecule has 0 aliphatic carbocycles. The van der Waals surface area contributed by atoms with Gasteiger partial charge in [0, 0.05) is 11.1 Å². The minimum absolute atomic E-state index is 0.307. The SMILES string of the molecule is Cc1c(C(=O)O)sc2ncnc(NCc3cncs3)c12. The fourth-order valence-corrected chi connectivity index (χ4v) is 3.43. The smallest absolute Gasteiger partial charge is 0.346 e. The standard InChI is InChI=1S/C12H10N4O2S2/c1-6-8-10(14-3-7-2-13-5-19-7)15-4-16-11(8)20-9(6)12(17)18/h2,4-5H,3H2,1H3,(H,17,18)(H,14,15,16). The van der Waals surface area contributed by atoms with Crippen molar-refractivity contribution in [2.24, 2.45) is 0 Å². The van der Waals surface area contributed by atoms with Gasteiger partial charge in [0.1, 0.15) is 21.9 Å². The van der Waals surface area contributed by atoms with Gasteiger partial charge in [0.15, 0.2) is 0 Å². The first-order valence-electron chi connectivity index (χ1n) is 5.75. The van der Waals surface area contributed by atoms with E-state index in [2.05, 4.69) is 20.3 Å². The van der Waals surface area contributed by atoms with Crippen LogP contribution in [0.3, 0.4) is 0 Å². The third-order valence-electron chi connectivity index (χ3n) is 2.83. The number of anilines is 1. The number of carboxylic acid groups (broad SMARTS) is 1. The fraction of sp³-hybridized carbons (Fsp3) is 0.167. The van der Waals surface area contributed by atoms with Crippen LogP contribution in [0.4, 0.5) is 5.82 Å². The number of carboxylic acids is 1. The molecular formula is C12H10N4O2S2. The molecule has 0 atom stereocenters. The van der Waals surface area contributed by atoms with E-state index in [0.717, 1.165) is 10.3 Å². The monoisotopic (exact) mass is 306 g/mol. The lowest BCUT2D eigenvalue weighted by Gasteiger charge is -2.05. The molecule has 3 aromatic heterocycles. The zero-order valence-electron chi connectivity index (χ0n) is 10.5. The number of hydrogen-bond acceptors (Lipinski definition) is 7. The van der Waals surface area contributed by atoms with E-state index < -0.39 is 5.97 Å². The van der Waals surface area contributed by atoms with Gasteiger partial charge in [0.05, 0.1) is 17.4 Å². The van der Waals surface area contributed by atoms with Crippen LogP contribution in [0.5, 0.6) is 0 Å². The van der Waals surface area contributed by atoms with Gasteiger partial charge >= 0.3 is 5.97 Å². The molecule has 102 valence electrons. The molecule has 6 nitrogen and oxygen atoms in total. The molecule has 20 heavy (non-hydrogen) atoms. The van der Waals surface area contributed by atoms with Gasteiger partial charge in [0.2, 0.25) is 0 Å². The molecule has 8 heteroatoms. The zero-order chi connectivity index (χ0) is 14.1. The molecule has 0 aliphatic heterocycles. The quantitative estimate of drug-likeness (QED) is 0.770. The predicted molar refractivity (Wildman–Crippen MR) is 78.6 cm³/mol. The molecule has 0 fully saturated rings. The number of nitrogens with zero attached hydrogens (tertiary/aromatic N) is 3. The third-order valence-corrected chi connectivity index (χ3v) is 4.80. The van der Waals surface area contributed by atoms with Crippen molar-refractivity contribution in [2.75, 3.05) is 5.32 Å². The lowest BCUT2D eigenvalue weighted by atomic mass is 10.2. The molecule has 0 unspecified atom stereocenters.